The van der Waals surface area contributed by atoms with E-state index in [1.807, 2.05) is 7.05 Å². The Bertz CT molecular complexity index is 1000. The van der Waals surface area contributed by atoms with Crippen molar-refractivity contribution in [2.45, 2.75) is 13.0 Å². The van der Waals surface area contributed by atoms with Gasteiger partial charge in [0.25, 0.3) is 5.91 Å². The smallest absolute Gasteiger partial charge is 0.285 e. The highest BCUT2D eigenvalue weighted by atomic mass is 32.1. The molecule has 0 radical (unpaired) electrons. The van der Waals surface area contributed by atoms with Crippen molar-refractivity contribution in [1.82, 2.24) is 14.9 Å². The van der Waals surface area contributed by atoms with Crippen LogP contribution < -0.4 is 11.1 Å². The van der Waals surface area contributed by atoms with Crippen molar-refractivity contribution in [2.75, 3.05) is 24.6 Å². The lowest BCUT2D eigenvalue weighted by atomic mass is 10.1. The molecule has 0 saturated carbocycles. The number of carbonyl (C=O) groups excluding carboxylic acids is 1. The van der Waals surface area contributed by atoms with Gasteiger partial charge in [-0.1, -0.05) is 0 Å². The monoisotopic (exact) mass is 383 g/mol. The van der Waals surface area contributed by atoms with Crippen molar-refractivity contribution in [1.29, 1.82) is 0 Å². The summed E-state index contributed by atoms with van der Waals surface area (Å²) in [6, 6.07) is 9.39. The largest absolute Gasteiger partial charge is 0.396 e. The van der Waals surface area contributed by atoms with Crippen LogP contribution in [0.15, 0.2) is 36.4 Å². The molecule has 1 aliphatic heterocycles. The number of rotatable bonds is 3. The number of nitrogens with zero attached hydrogens (tertiary/aromatic N) is 3. The Kier molecular flexibility index (Phi) is 4.59. The number of anilines is 2. The molecule has 0 spiro atoms. The fourth-order valence-corrected chi connectivity index (χ4v) is 3.89. The number of nitrogens with two attached hydrogens (primary N) is 1. The summed E-state index contributed by atoms with van der Waals surface area (Å²) in [7, 11) is 2.04. The van der Waals surface area contributed by atoms with Crippen LogP contribution in [-0.2, 0) is 13.0 Å². The number of fused-ring (bicyclic) bond motifs is 1. The number of likely N-dealkylation sites (N-methyl/N-ethyl adjacent to an activating group) is 1. The van der Waals surface area contributed by atoms with Gasteiger partial charge in [-0.3, -0.25) is 4.79 Å². The van der Waals surface area contributed by atoms with Gasteiger partial charge in [0.15, 0.2) is 10.8 Å². The summed E-state index contributed by atoms with van der Waals surface area (Å²) in [5.41, 5.74) is 8.62. The van der Waals surface area contributed by atoms with E-state index in [0.717, 1.165) is 35.6 Å². The zero-order valence-electron chi connectivity index (χ0n) is 14.7. The number of nitrogens with one attached hydrogen (secondary N) is 1. The molecule has 0 atom stereocenters. The van der Waals surface area contributed by atoms with E-state index >= 15 is 0 Å². The second-order valence-electron chi connectivity index (χ2n) is 6.47. The third-order valence-corrected chi connectivity index (χ3v) is 5.57. The number of benzene rings is 1. The van der Waals surface area contributed by atoms with E-state index in [2.05, 4.69) is 20.2 Å². The van der Waals surface area contributed by atoms with Crippen molar-refractivity contribution in [3.63, 3.8) is 0 Å². The van der Waals surface area contributed by atoms with E-state index in [1.54, 1.807) is 24.3 Å². The molecule has 1 aromatic carbocycles. The fraction of sp³-hybridized carbons (Fsp3) is 0.211. The molecular weight excluding hydrogens is 365 g/mol. The summed E-state index contributed by atoms with van der Waals surface area (Å²) < 4.78 is 13.1. The second-order valence-corrected chi connectivity index (χ2v) is 7.56. The molecule has 8 heteroatoms. The molecule has 138 valence electrons. The zero-order valence-corrected chi connectivity index (χ0v) is 15.5. The number of amides is 1. The zero-order chi connectivity index (χ0) is 19.0. The average Bonchev–Trinajstić information content (AvgIpc) is 3.07. The van der Waals surface area contributed by atoms with Gasteiger partial charge in [0.2, 0.25) is 0 Å². The summed E-state index contributed by atoms with van der Waals surface area (Å²) in [5.74, 6) is -0.374. The third-order valence-electron chi connectivity index (χ3n) is 4.41. The molecule has 0 unspecified atom stereocenters. The molecule has 0 fully saturated rings. The second kappa shape index (κ2) is 7.05. The first-order valence-corrected chi connectivity index (χ1v) is 9.32. The van der Waals surface area contributed by atoms with Crippen LogP contribution in [-0.4, -0.2) is 34.4 Å². The van der Waals surface area contributed by atoms with Crippen LogP contribution in [0.3, 0.4) is 0 Å². The van der Waals surface area contributed by atoms with Gasteiger partial charge in [0, 0.05) is 23.5 Å². The Morgan fingerprint density at radius 1 is 1.22 bits per heavy atom. The molecule has 1 aliphatic rings. The molecule has 0 aliphatic carbocycles. The van der Waals surface area contributed by atoms with Crippen molar-refractivity contribution in [3.05, 3.63) is 57.8 Å². The number of aromatic nitrogens is 2. The van der Waals surface area contributed by atoms with Gasteiger partial charge < -0.3 is 16.0 Å². The predicted octanol–water partition coefficient (Wildman–Crippen LogP) is 3.17. The van der Waals surface area contributed by atoms with Gasteiger partial charge in [-0.2, -0.15) is 0 Å². The molecule has 0 bridgehead atoms. The highest BCUT2D eigenvalue weighted by Gasteiger charge is 2.22. The summed E-state index contributed by atoms with van der Waals surface area (Å²) in [4.78, 5) is 24.9. The maximum atomic E-state index is 13.1. The number of hydrogen-bond donors (Lipinski definition) is 2. The van der Waals surface area contributed by atoms with Crippen molar-refractivity contribution in [3.8, 4) is 11.3 Å². The minimum atomic E-state index is -0.326. The molecule has 0 saturated heterocycles. The predicted molar refractivity (Wildman–Crippen MR) is 104 cm³/mol. The van der Waals surface area contributed by atoms with Crippen LogP contribution in [0.5, 0.6) is 0 Å². The summed E-state index contributed by atoms with van der Waals surface area (Å²) in [5, 5.41) is 3.16. The number of pyridine rings is 1. The van der Waals surface area contributed by atoms with Crippen molar-refractivity contribution < 1.29 is 9.18 Å². The average molecular weight is 383 g/mol. The fourth-order valence-electron chi connectivity index (χ4n) is 2.94. The first-order chi connectivity index (χ1) is 13.0. The standard InChI is InChI=1S/C19H18FN5OS/c1-25-9-8-16-15(10-25)23-19(27-16)18(26)24-17-13(21)6-7-14(22-17)11-2-4-12(20)5-3-11/h2-7H,8-10,21H2,1H3,(H,22,24,26). The number of thiazole rings is 1. The van der Waals surface area contributed by atoms with Gasteiger partial charge in [-0.15, -0.1) is 11.3 Å². The molecule has 4 rings (SSSR count). The van der Waals surface area contributed by atoms with E-state index in [0.29, 0.717) is 16.4 Å². The number of halogens is 1. The first-order valence-electron chi connectivity index (χ1n) is 8.50. The topological polar surface area (TPSA) is 84.1 Å². The lowest BCUT2D eigenvalue weighted by Gasteiger charge is -2.20. The van der Waals surface area contributed by atoms with Crippen LogP contribution >= 0.6 is 11.3 Å². The van der Waals surface area contributed by atoms with E-state index in [1.165, 1.54) is 23.5 Å². The van der Waals surface area contributed by atoms with Crippen LogP contribution in [0.4, 0.5) is 15.9 Å². The lowest BCUT2D eigenvalue weighted by molar-refractivity contribution is 0.102. The van der Waals surface area contributed by atoms with Gasteiger partial charge in [0.05, 0.1) is 17.1 Å². The van der Waals surface area contributed by atoms with Crippen molar-refractivity contribution in [2.24, 2.45) is 0 Å². The summed E-state index contributed by atoms with van der Waals surface area (Å²) >= 11 is 1.41. The van der Waals surface area contributed by atoms with E-state index in [9.17, 15) is 9.18 Å². The van der Waals surface area contributed by atoms with Crippen LogP contribution in [0.25, 0.3) is 11.3 Å². The van der Waals surface area contributed by atoms with E-state index in [-0.39, 0.29) is 17.5 Å². The molecule has 3 aromatic rings. The first kappa shape index (κ1) is 17.6. The normalized spacial score (nSPS) is 14.0. The summed E-state index contributed by atoms with van der Waals surface area (Å²) in [6.07, 6.45) is 0.900. The molecule has 27 heavy (non-hydrogen) atoms. The van der Waals surface area contributed by atoms with Gasteiger partial charge in [-0.05, 0) is 49.9 Å². The molecule has 3 heterocycles. The number of hydrogen-bond acceptors (Lipinski definition) is 6. The Labute approximate surface area is 159 Å². The van der Waals surface area contributed by atoms with Crippen LogP contribution in [0.1, 0.15) is 20.4 Å². The molecule has 1 amide bonds. The highest BCUT2D eigenvalue weighted by molar-refractivity contribution is 7.13. The minimum Gasteiger partial charge on any atom is -0.396 e. The molecule has 2 aromatic heterocycles. The van der Waals surface area contributed by atoms with Gasteiger partial charge in [0.1, 0.15) is 5.82 Å². The quantitative estimate of drug-likeness (QED) is 0.726. The number of carbonyl (C=O) groups is 1. The maximum Gasteiger partial charge on any atom is 0.285 e. The Morgan fingerprint density at radius 2 is 2.00 bits per heavy atom. The maximum absolute atomic E-state index is 13.1. The Balaban J connectivity index is 1.58. The summed E-state index contributed by atoms with van der Waals surface area (Å²) in [6.45, 7) is 1.71. The van der Waals surface area contributed by atoms with Gasteiger partial charge >= 0.3 is 0 Å². The highest BCUT2D eigenvalue weighted by Crippen LogP contribution is 2.27. The molecule has 6 nitrogen and oxygen atoms in total. The van der Waals surface area contributed by atoms with Crippen molar-refractivity contribution >= 4 is 28.7 Å². The molecule has 3 N–H and O–H groups in total. The SMILES string of the molecule is CN1CCc2sc(C(=O)Nc3nc(-c4ccc(F)cc4)ccc3N)nc2C1. The molecular formula is C19H18FN5OS. The lowest BCUT2D eigenvalue weighted by Crippen LogP contribution is -2.25. The Morgan fingerprint density at radius 3 is 2.78 bits per heavy atom. The van der Waals surface area contributed by atoms with Gasteiger partial charge in [-0.25, -0.2) is 14.4 Å². The minimum absolute atomic E-state index is 0.270. The number of nitrogen functional groups attached to an aromatic ring is 1. The Hall–Kier alpha value is -2.84. The third kappa shape index (κ3) is 3.67. The van der Waals surface area contributed by atoms with E-state index < -0.39 is 0 Å². The van der Waals surface area contributed by atoms with Crippen LogP contribution in [0.2, 0.25) is 0 Å². The van der Waals surface area contributed by atoms with Crippen LogP contribution in [0, 0.1) is 5.82 Å². The van der Waals surface area contributed by atoms with E-state index in [4.69, 9.17) is 5.73 Å².